The zero-order valence-corrected chi connectivity index (χ0v) is 17.2. The number of carbonyl (C=O) groups excluding carboxylic acids is 1. The summed E-state index contributed by atoms with van der Waals surface area (Å²) in [7, 11) is 0. The standard InChI is InChI=1S/C19H24F3N5O.CH3NO/c1-13(15-3-5-16(6-4-15)19(20,21)22)27-12-14(10-26-27)2-7-18(28-23)17-11-24-8-9-25-17;2-1-3/h7-13,15-16H,2-6,23H2,1H3;1H,(H2,2,3)/b18-7-;. The summed E-state index contributed by atoms with van der Waals surface area (Å²) in [4.78, 5) is 21.6. The van der Waals surface area contributed by atoms with Gasteiger partial charge in [0.1, 0.15) is 5.69 Å². The van der Waals surface area contributed by atoms with Crippen molar-refractivity contribution in [2.45, 2.75) is 51.2 Å². The van der Waals surface area contributed by atoms with Crippen molar-refractivity contribution in [3.05, 3.63) is 48.3 Å². The van der Waals surface area contributed by atoms with Gasteiger partial charge in [0.05, 0.1) is 24.4 Å². The van der Waals surface area contributed by atoms with E-state index in [9.17, 15) is 13.2 Å². The summed E-state index contributed by atoms with van der Waals surface area (Å²) in [6, 6.07) is 0.0529. The molecule has 2 aromatic heterocycles. The number of aromatic nitrogens is 4. The zero-order chi connectivity index (χ0) is 22.9. The summed E-state index contributed by atoms with van der Waals surface area (Å²) in [6.45, 7) is 2.01. The van der Waals surface area contributed by atoms with Crippen LogP contribution in [0, 0.1) is 11.8 Å². The van der Waals surface area contributed by atoms with Gasteiger partial charge in [-0.1, -0.05) is 0 Å². The normalized spacial score (nSPS) is 20.4. The molecule has 1 fully saturated rings. The monoisotopic (exact) mass is 440 g/mol. The minimum Gasteiger partial charge on any atom is -0.409 e. The Balaban J connectivity index is 0.00000107. The van der Waals surface area contributed by atoms with Crippen molar-refractivity contribution in [1.29, 1.82) is 0 Å². The van der Waals surface area contributed by atoms with Crippen molar-refractivity contribution in [1.82, 2.24) is 19.7 Å². The Bertz CT molecular complexity index is 833. The Kier molecular flexibility index (Phi) is 8.98. The predicted molar refractivity (Wildman–Crippen MR) is 108 cm³/mol. The highest BCUT2D eigenvalue weighted by Crippen LogP contribution is 2.42. The first-order valence-electron chi connectivity index (χ1n) is 9.88. The first-order chi connectivity index (χ1) is 14.8. The highest BCUT2D eigenvalue weighted by atomic mass is 19.4. The van der Waals surface area contributed by atoms with Gasteiger partial charge in [0.25, 0.3) is 0 Å². The molecule has 2 heterocycles. The molecule has 8 nitrogen and oxygen atoms in total. The van der Waals surface area contributed by atoms with Gasteiger partial charge in [0.15, 0.2) is 5.76 Å². The predicted octanol–water partition coefficient (Wildman–Crippen LogP) is 3.18. The van der Waals surface area contributed by atoms with Gasteiger partial charge >= 0.3 is 6.18 Å². The van der Waals surface area contributed by atoms with Gasteiger partial charge in [-0.05, 0) is 56.6 Å². The van der Waals surface area contributed by atoms with E-state index in [1.54, 1.807) is 30.9 Å². The van der Waals surface area contributed by atoms with E-state index in [4.69, 9.17) is 15.5 Å². The van der Waals surface area contributed by atoms with Crippen molar-refractivity contribution < 1.29 is 22.8 Å². The minimum absolute atomic E-state index is 0.0529. The van der Waals surface area contributed by atoms with Crippen LogP contribution in [0.25, 0.3) is 5.76 Å². The van der Waals surface area contributed by atoms with Gasteiger partial charge in [-0.15, -0.1) is 0 Å². The second-order valence-electron chi connectivity index (χ2n) is 7.34. The fourth-order valence-electron chi connectivity index (χ4n) is 3.70. The van der Waals surface area contributed by atoms with Crippen LogP contribution in [-0.4, -0.2) is 32.3 Å². The number of hydrogen-bond acceptors (Lipinski definition) is 6. The highest BCUT2D eigenvalue weighted by molar-refractivity contribution is 5.55. The fraction of sp³-hybridized carbons (Fsp3) is 0.500. The van der Waals surface area contributed by atoms with Gasteiger partial charge in [-0.3, -0.25) is 14.5 Å². The molecule has 1 atom stereocenters. The van der Waals surface area contributed by atoms with E-state index >= 15 is 0 Å². The van der Waals surface area contributed by atoms with Crippen molar-refractivity contribution >= 4 is 12.2 Å². The molecule has 1 unspecified atom stereocenters. The molecule has 31 heavy (non-hydrogen) atoms. The molecule has 1 saturated carbocycles. The summed E-state index contributed by atoms with van der Waals surface area (Å²) >= 11 is 0. The van der Waals surface area contributed by atoms with Crippen molar-refractivity contribution in [2.24, 2.45) is 23.5 Å². The molecule has 0 saturated heterocycles. The van der Waals surface area contributed by atoms with Crippen LogP contribution >= 0.6 is 0 Å². The van der Waals surface area contributed by atoms with Gasteiger partial charge in [0, 0.05) is 18.6 Å². The van der Waals surface area contributed by atoms with E-state index in [-0.39, 0.29) is 31.2 Å². The molecule has 0 spiro atoms. The maximum atomic E-state index is 12.8. The van der Waals surface area contributed by atoms with Gasteiger partial charge in [0.2, 0.25) is 6.41 Å². The number of alkyl halides is 3. The van der Waals surface area contributed by atoms with Crippen molar-refractivity contribution in [3.63, 3.8) is 0 Å². The number of primary amides is 1. The van der Waals surface area contributed by atoms with Gasteiger partial charge < -0.3 is 10.6 Å². The topological polar surface area (TPSA) is 122 Å². The third kappa shape index (κ3) is 7.06. The van der Waals surface area contributed by atoms with Crippen LogP contribution in [0.3, 0.4) is 0 Å². The molecule has 0 aliphatic heterocycles. The lowest BCUT2D eigenvalue weighted by molar-refractivity contribution is -0.184. The number of carbonyl (C=O) groups is 1. The summed E-state index contributed by atoms with van der Waals surface area (Å²) in [5.74, 6) is 4.78. The fourth-order valence-corrected chi connectivity index (χ4v) is 3.70. The van der Waals surface area contributed by atoms with E-state index in [1.165, 1.54) is 0 Å². The Hall–Kier alpha value is -2.95. The number of amides is 1. The summed E-state index contributed by atoms with van der Waals surface area (Å²) in [5, 5.41) is 4.40. The number of nitrogens with two attached hydrogens (primary N) is 2. The number of rotatable bonds is 6. The third-order valence-electron chi connectivity index (χ3n) is 5.45. The smallest absolute Gasteiger partial charge is 0.391 e. The molecule has 0 radical (unpaired) electrons. The maximum absolute atomic E-state index is 12.8. The van der Waals surface area contributed by atoms with Gasteiger partial charge in [-0.2, -0.15) is 24.2 Å². The van der Waals surface area contributed by atoms with Crippen LogP contribution in [0.4, 0.5) is 13.2 Å². The lowest BCUT2D eigenvalue weighted by atomic mass is 9.78. The Morgan fingerprint density at radius 2 is 1.97 bits per heavy atom. The van der Waals surface area contributed by atoms with Crippen LogP contribution in [0.2, 0.25) is 0 Å². The van der Waals surface area contributed by atoms with E-state index in [1.807, 2.05) is 17.8 Å². The van der Waals surface area contributed by atoms with Gasteiger partial charge in [-0.25, -0.2) is 4.98 Å². The van der Waals surface area contributed by atoms with Crippen LogP contribution in [0.1, 0.15) is 49.9 Å². The molecule has 4 N–H and O–H groups in total. The van der Waals surface area contributed by atoms with E-state index in [0.29, 0.717) is 30.7 Å². The van der Waals surface area contributed by atoms with Crippen LogP contribution in [0.15, 0.2) is 37.1 Å². The quantitative estimate of drug-likeness (QED) is 0.404. The molecular formula is C20H27F3N6O2. The third-order valence-corrected chi connectivity index (χ3v) is 5.45. The van der Waals surface area contributed by atoms with Crippen LogP contribution in [0.5, 0.6) is 0 Å². The Labute approximate surface area is 178 Å². The highest BCUT2D eigenvalue weighted by Gasteiger charge is 2.42. The molecule has 0 aromatic carbocycles. The van der Waals surface area contributed by atoms with Crippen LogP contribution in [-0.2, 0) is 16.1 Å². The Morgan fingerprint density at radius 3 is 2.52 bits per heavy atom. The second kappa shape index (κ2) is 11.4. The zero-order valence-electron chi connectivity index (χ0n) is 17.2. The average Bonchev–Trinajstić information content (AvgIpc) is 3.23. The number of hydrogen-bond donors (Lipinski definition) is 2. The minimum atomic E-state index is -4.08. The first kappa shape index (κ1) is 24.3. The molecule has 1 amide bonds. The number of nitrogens with zero attached hydrogens (tertiary/aromatic N) is 4. The lowest BCUT2D eigenvalue weighted by Crippen LogP contribution is -2.30. The Morgan fingerprint density at radius 1 is 1.29 bits per heavy atom. The number of halogens is 3. The molecule has 1 aliphatic carbocycles. The number of allylic oxidation sites excluding steroid dienone is 1. The molecule has 11 heteroatoms. The van der Waals surface area contributed by atoms with Crippen LogP contribution < -0.4 is 11.6 Å². The lowest BCUT2D eigenvalue weighted by Gasteiger charge is -2.33. The SMILES string of the molecule is CC(C1CCC(C(F)(F)F)CC1)n1cc(C/C=C(\ON)c2cnccn2)cn1.NC=O. The molecule has 3 rings (SSSR count). The molecule has 1 aliphatic rings. The molecule has 2 aromatic rings. The molecular weight excluding hydrogens is 413 g/mol. The van der Waals surface area contributed by atoms with E-state index in [2.05, 4.69) is 20.8 Å². The molecule has 170 valence electrons. The summed E-state index contributed by atoms with van der Waals surface area (Å²) in [6.07, 6.45) is 8.38. The second-order valence-corrected chi connectivity index (χ2v) is 7.34. The van der Waals surface area contributed by atoms with E-state index < -0.39 is 12.1 Å². The first-order valence-corrected chi connectivity index (χ1v) is 9.88. The summed E-state index contributed by atoms with van der Waals surface area (Å²) in [5.41, 5.74) is 5.65. The summed E-state index contributed by atoms with van der Waals surface area (Å²) < 4.78 is 40.4. The largest absolute Gasteiger partial charge is 0.409 e. The van der Waals surface area contributed by atoms with Crippen molar-refractivity contribution in [2.75, 3.05) is 0 Å². The van der Waals surface area contributed by atoms with E-state index in [0.717, 1.165) is 5.56 Å². The maximum Gasteiger partial charge on any atom is 0.391 e. The average molecular weight is 440 g/mol. The van der Waals surface area contributed by atoms with Crippen molar-refractivity contribution in [3.8, 4) is 0 Å². The molecule has 0 bridgehead atoms.